The van der Waals surface area contributed by atoms with Crippen LogP contribution in [0.5, 0.6) is 0 Å². The molecule has 0 aliphatic heterocycles. The Kier molecular flexibility index (Phi) is 4.21. The maximum absolute atomic E-state index is 12.3. The van der Waals surface area contributed by atoms with Crippen molar-refractivity contribution in [3.05, 3.63) is 52.6 Å². The molecule has 0 radical (unpaired) electrons. The Morgan fingerprint density at radius 1 is 1.25 bits per heavy atom. The van der Waals surface area contributed by atoms with Crippen LogP contribution in [0.25, 0.3) is 0 Å². The van der Waals surface area contributed by atoms with E-state index in [2.05, 4.69) is 54.5 Å². The van der Waals surface area contributed by atoms with Gasteiger partial charge in [-0.1, -0.05) is 12.1 Å². The van der Waals surface area contributed by atoms with Crippen LogP contribution in [0.15, 0.2) is 38.6 Å². The van der Waals surface area contributed by atoms with Crippen LogP contribution < -0.4 is 0 Å². The highest BCUT2D eigenvalue weighted by molar-refractivity contribution is 14.1. The van der Waals surface area contributed by atoms with E-state index in [9.17, 15) is 4.79 Å². The van der Waals surface area contributed by atoms with Gasteiger partial charge in [0, 0.05) is 19.0 Å². The predicted molar refractivity (Wildman–Crippen MR) is 82.3 cm³/mol. The van der Waals surface area contributed by atoms with Crippen molar-refractivity contribution in [2.45, 2.75) is 0 Å². The molecule has 0 amide bonds. The average Bonchev–Trinajstić information content (AvgIpc) is 2.60. The molecule has 2 aromatic rings. The lowest BCUT2D eigenvalue weighted by molar-refractivity contribution is 0.104. The first-order valence-corrected chi connectivity index (χ1v) is 7.87. The highest BCUT2D eigenvalue weighted by Crippen LogP contribution is 2.34. The van der Waals surface area contributed by atoms with Gasteiger partial charge in [0.05, 0.1) is 9.35 Å². The molecule has 0 N–H and O–H groups in total. The molecule has 1 heterocycles. The number of hydrogen-bond acceptors (Lipinski definition) is 2. The molecule has 0 atom stereocenters. The van der Waals surface area contributed by atoms with Crippen molar-refractivity contribution in [2.75, 3.05) is 0 Å². The molecule has 1 nitrogen and oxygen atoms in total. The van der Waals surface area contributed by atoms with Crippen molar-refractivity contribution in [1.29, 1.82) is 0 Å². The van der Waals surface area contributed by atoms with Crippen molar-refractivity contribution in [1.82, 2.24) is 0 Å². The van der Waals surface area contributed by atoms with E-state index in [4.69, 9.17) is 0 Å². The minimum Gasteiger partial charge on any atom is -0.288 e. The molecule has 5 heteroatoms. The lowest BCUT2D eigenvalue weighted by Gasteiger charge is -2.01. The fraction of sp³-hybridized carbons (Fsp3) is 0. The first-order chi connectivity index (χ1) is 7.61. The summed E-state index contributed by atoms with van der Waals surface area (Å²) >= 11 is 10.4. The number of carbonyl (C=O) groups excluding carboxylic acids is 1. The maximum Gasteiger partial charge on any atom is 0.205 e. The van der Waals surface area contributed by atoms with Crippen molar-refractivity contribution in [3.8, 4) is 0 Å². The van der Waals surface area contributed by atoms with Gasteiger partial charge in [-0.3, -0.25) is 4.79 Å². The number of hydrogen-bond donors (Lipinski definition) is 0. The quantitative estimate of drug-likeness (QED) is 0.439. The Labute approximate surface area is 128 Å². The van der Waals surface area contributed by atoms with E-state index in [0.717, 1.165) is 23.0 Å². The monoisotopic (exact) mass is 470 g/mol. The number of thiophene rings is 1. The first-order valence-electron chi connectivity index (χ1n) is 4.33. The summed E-state index contributed by atoms with van der Waals surface area (Å²) in [4.78, 5) is 13.0. The Balaban J connectivity index is 2.48. The highest BCUT2D eigenvalue weighted by Gasteiger charge is 2.18. The third-order valence-electron chi connectivity index (χ3n) is 2.01. The summed E-state index contributed by atoms with van der Waals surface area (Å²) in [7, 11) is 0. The molecule has 82 valence electrons. The SMILES string of the molecule is O=C(c1ccccc1I)c1scc(Br)c1Br. The number of ketones is 1. The maximum atomic E-state index is 12.3. The minimum atomic E-state index is 0.0626. The predicted octanol–water partition coefficient (Wildman–Crippen LogP) is 5.11. The molecular weight excluding hydrogens is 467 g/mol. The van der Waals surface area contributed by atoms with Gasteiger partial charge in [-0.25, -0.2) is 0 Å². The Bertz CT molecular complexity index is 551. The summed E-state index contributed by atoms with van der Waals surface area (Å²) in [6.07, 6.45) is 0. The van der Waals surface area contributed by atoms with Crippen molar-refractivity contribution >= 4 is 71.6 Å². The van der Waals surface area contributed by atoms with Gasteiger partial charge in [0.15, 0.2) is 0 Å². The van der Waals surface area contributed by atoms with E-state index in [0.29, 0.717) is 0 Å². The summed E-state index contributed by atoms with van der Waals surface area (Å²) in [5.41, 5.74) is 0.748. The molecule has 0 unspecified atom stereocenters. The molecule has 0 saturated heterocycles. The van der Waals surface area contributed by atoms with Gasteiger partial charge in [-0.05, 0) is 66.6 Å². The molecule has 0 aliphatic carbocycles. The van der Waals surface area contributed by atoms with Crippen LogP contribution in [0.4, 0.5) is 0 Å². The summed E-state index contributed by atoms with van der Waals surface area (Å²) < 4.78 is 2.73. The second kappa shape index (κ2) is 5.29. The lowest BCUT2D eigenvalue weighted by atomic mass is 10.1. The largest absolute Gasteiger partial charge is 0.288 e. The fourth-order valence-electron chi connectivity index (χ4n) is 1.24. The second-order valence-corrected chi connectivity index (χ2v) is 6.72. The normalized spacial score (nSPS) is 10.4. The average molecular weight is 472 g/mol. The fourth-order valence-corrected chi connectivity index (χ4v) is 3.98. The highest BCUT2D eigenvalue weighted by atomic mass is 127. The first kappa shape index (κ1) is 12.7. The zero-order valence-corrected chi connectivity index (χ0v) is 14.0. The molecule has 0 saturated carbocycles. The molecule has 2 rings (SSSR count). The summed E-state index contributed by atoms with van der Waals surface area (Å²) in [5, 5.41) is 1.91. The van der Waals surface area contributed by atoms with Crippen LogP contribution in [0.1, 0.15) is 15.2 Å². The van der Waals surface area contributed by atoms with Gasteiger partial charge >= 0.3 is 0 Å². The molecule has 0 fully saturated rings. The summed E-state index contributed by atoms with van der Waals surface area (Å²) in [5.74, 6) is 0.0626. The van der Waals surface area contributed by atoms with Crippen molar-refractivity contribution in [3.63, 3.8) is 0 Å². The van der Waals surface area contributed by atoms with Gasteiger partial charge < -0.3 is 0 Å². The second-order valence-electron chi connectivity index (χ2n) is 3.04. The van der Waals surface area contributed by atoms with E-state index < -0.39 is 0 Å². The van der Waals surface area contributed by atoms with Crippen LogP contribution in [0, 0.1) is 3.57 Å². The molecule has 0 spiro atoms. The molecule has 16 heavy (non-hydrogen) atoms. The molecule has 1 aromatic heterocycles. The Morgan fingerprint density at radius 3 is 2.50 bits per heavy atom. The van der Waals surface area contributed by atoms with Gasteiger partial charge in [0.1, 0.15) is 0 Å². The van der Waals surface area contributed by atoms with E-state index in [-0.39, 0.29) is 5.78 Å². The lowest BCUT2D eigenvalue weighted by Crippen LogP contribution is -2.01. The van der Waals surface area contributed by atoms with Gasteiger partial charge in [0.2, 0.25) is 5.78 Å². The molecule has 0 bridgehead atoms. The van der Waals surface area contributed by atoms with E-state index in [1.165, 1.54) is 11.3 Å². The van der Waals surface area contributed by atoms with Gasteiger partial charge in [-0.2, -0.15) is 0 Å². The van der Waals surface area contributed by atoms with Crippen molar-refractivity contribution < 1.29 is 4.79 Å². The van der Waals surface area contributed by atoms with Crippen LogP contribution >= 0.6 is 65.8 Å². The van der Waals surface area contributed by atoms with Crippen LogP contribution in [-0.4, -0.2) is 5.78 Å². The summed E-state index contributed by atoms with van der Waals surface area (Å²) in [6.45, 7) is 0. The topological polar surface area (TPSA) is 17.1 Å². The number of halogens is 3. The van der Waals surface area contributed by atoms with Crippen molar-refractivity contribution in [2.24, 2.45) is 0 Å². The molecule has 1 aromatic carbocycles. The van der Waals surface area contributed by atoms with Crippen LogP contribution in [0.3, 0.4) is 0 Å². The Hall–Kier alpha value is 0.280. The Morgan fingerprint density at radius 2 is 1.94 bits per heavy atom. The van der Waals surface area contributed by atoms with E-state index >= 15 is 0 Å². The standard InChI is InChI=1S/C11H5Br2IOS/c12-7-5-16-11(9(7)13)10(15)6-3-1-2-4-8(6)14/h1-5H. The van der Waals surface area contributed by atoms with Crippen LogP contribution in [-0.2, 0) is 0 Å². The number of rotatable bonds is 2. The zero-order chi connectivity index (χ0) is 11.7. The summed E-state index contributed by atoms with van der Waals surface area (Å²) in [6, 6.07) is 7.60. The van der Waals surface area contributed by atoms with Gasteiger partial charge in [0.25, 0.3) is 0 Å². The van der Waals surface area contributed by atoms with E-state index in [1.807, 2.05) is 29.6 Å². The van der Waals surface area contributed by atoms with Gasteiger partial charge in [-0.15, -0.1) is 11.3 Å². The third kappa shape index (κ3) is 2.42. The molecule has 0 aliphatic rings. The number of benzene rings is 1. The molecular formula is C11H5Br2IOS. The van der Waals surface area contributed by atoms with Crippen LogP contribution in [0.2, 0.25) is 0 Å². The minimum absolute atomic E-state index is 0.0626. The zero-order valence-electron chi connectivity index (χ0n) is 7.84. The number of carbonyl (C=O) groups is 1. The third-order valence-corrected chi connectivity index (χ3v) is 6.48. The van der Waals surface area contributed by atoms with E-state index in [1.54, 1.807) is 0 Å². The smallest absolute Gasteiger partial charge is 0.205 e.